The van der Waals surface area contributed by atoms with Gasteiger partial charge in [-0.25, -0.2) is 13.9 Å². The molecule has 13 heteroatoms. The van der Waals surface area contributed by atoms with E-state index in [9.17, 15) is 28.4 Å². The van der Waals surface area contributed by atoms with Gasteiger partial charge in [0.2, 0.25) is 11.8 Å². The molecule has 36 heavy (non-hydrogen) atoms. The fraction of sp³-hybridized carbons (Fsp3) is 0.174. The zero-order chi connectivity index (χ0) is 25.4. The second-order valence-electron chi connectivity index (χ2n) is 8.09. The number of halogens is 1. The highest BCUT2D eigenvalue weighted by molar-refractivity contribution is 6.24. The number of fused-ring (bicyclic) bond motifs is 1. The number of para-hydroxylation sites is 1. The molecule has 0 aliphatic carbocycles. The Kier molecular flexibility index (Phi) is 5.72. The van der Waals surface area contributed by atoms with E-state index in [4.69, 9.17) is 0 Å². The highest BCUT2D eigenvalue weighted by Gasteiger charge is 2.45. The summed E-state index contributed by atoms with van der Waals surface area (Å²) in [5.41, 5.74) is 0.753. The van der Waals surface area contributed by atoms with Gasteiger partial charge in [-0.1, -0.05) is 23.4 Å². The number of benzene rings is 2. The Morgan fingerprint density at radius 1 is 1.08 bits per heavy atom. The topological polar surface area (TPSA) is 155 Å². The van der Waals surface area contributed by atoms with Crippen LogP contribution in [0.25, 0.3) is 5.69 Å². The lowest BCUT2D eigenvalue weighted by Crippen LogP contribution is -2.54. The van der Waals surface area contributed by atoms with E-state index in [1.807, 2.05) is 0 Å². The molecule has 1 atom stereocenters. The molecular weight excluding hydrogens is 473 g/mol. The lowest BCUT2D eigenvalue weighted by molar-refractivity contribution is -0.136. The Morgan fingerprint density at radius 3 is 2.67 bits per heavy atom. The summed E-state index contributed by atoms with van der Waals surface area (Å²) in [4.78, 5) is 62.9. The van der Waals surface area contributed by atoms with Crippen molar-refractivity contribution in [3.63, 3.8) is 0 Å². The van der Waals surface area contributed by atoms with Gasteiger partial charge in [0.05, 0.1) is 35.2 Å². The number of rotatable bonds is 5. The number of aromatic nitrogens is 3. The Bertz CT molecular complexity index is 1440. The van der Waals surface area contributed by atoms with E-state index in [0.717, 1.165) is 4.90 Å². The average molecular weight is 491 g/mol. The van der Waals surface area contributed by atoms with Crippen LogP contribution in [0.2, 0.25) is 0 Å². The molecule has 3 aromatic rings. The van der Waals surface area contributed by atoms with E-state index < -0.39 is 41.5 Å². The van der Waals surface area contributed by atoms with Crippen molar-refractivity contribution >= 4 is 35.3 Å². The van der Waals surface area contributed by atoms with Gasteiger partial charge in [0, 0.05) is 6.42 Å². The predicted octanol–water partition coefficient (Wildman–Crippen LogP) is 1.13. The van der Waals surface area contributed by atoms with Crippen LogP contribution in [0.1, 0.15) is 39.3 Å². The van der Waals surface area contributed by atoms with Gasteiger partial charge in [-0.15, -0.1) is 5.10 Å². The fourth-order valence-electron chi connectivity index (χ4n) is 4.09. The minimum absolute atomic E-state index is 0.0145. The molecule has 2 aliphatic rings. The Morgan fingerprint density at radius 2 is 1.89 bits per heavy atom. The molecule has 0 saturated carbocycles. The van der Waals surface area contributed by atoms with Crippen LogP contribution in [0.15, 0.2) is 48.7 Å². The summed E-state index contributed by atoms with van der Waals surface area (Å²) in [5.74, 6) is -3.07. The van der Waals surface area contributed by atoms with Crippen molar-refractivity contribution < 1.29 is 28.4 Å². The number of piperidine rings is 1. The third kappa shape index (κ3) is 4.06. The van der Waals surface area contributed by atoms with Gasteiger partial charge >= 0.3 is 6.03 Å². The molecule has 182 valence electrons. The minimum atomic E-state index is -1.09. The predicted molar refractivity (Wildman–Crippen MR) is 120 cm³/mol. The SMILES string of the molecule is O=C1CCC(N2C(=O)c3cccc(-n4cc(CNC(=O)Nc5ccccc5F)nn4)c3C2=O)C(=O)N1. The molecule has 1 aromatic heterocycles. The van der Waals surface area contributed by atoms with E-state index >= 15 is 0 Å². The van der Waals surface area contributed by atoms with Crippen LogP contribution in [0.4, 0.5) is 14.9 Å². The van der Waals surface area contributed by atoms with Gasteiger partial charge < -0.3 is 10.6 Å². The lowest BCUT2D eigenvalue weighted by Gasteiger charge is -2.27. The number of nitrogens with one attached hydrogen (secondary N) is 3. The molecule has 0 spiro atoms. The summed E-state index contributed by atoms with van der Waals surface area (Å²) in [5, 5.41) is 15.0. The first-order valence-corrected chi connectivity index (χ1v) is 10.9. The first-order chi connectivity index (χ1) is 17.3. The smallest absolute Gasteiger partial charge is 0.319 e. The number of amides is 6. The van der Waals surface area contributed by atoms with Crippen molar-refractivity contribution in [2.75, 3.05) is 5.32 Å². The molecule has 5 rings (SSSR count). The average Bonchev–Trinajstić information content (AvgIpc) is 3.43. The number of urea groups is 1. The zero-order valence-electron chi connectivity index (χ0n) is 18.5. The highest BCUT2D eigenvalue weighted by atomic mass is 19.1. The van der Waals surface area contributed by atoms with Gasteiger partial charge in [0.25, 0.3) is 11.8 Å². The van der Waals surface area contributed by atoms with E-state index in [0.29, 0.717) is 5.69 Å². The van der Waals surface area contributed by atoms with Crippen molar-refractivity contribution in [3.05, 3.63) is 71.3 Å². The maximum absolute atomic E-state index is 13.7. The van der Waals surface area contributed by atoms with Gasteiger partial charge in [-0.2, -0.15) is 0 Å². The second-order valence-corrected chi connectivity index (χ2v) is 8.09. The molecule has 0 radical (unpaired) electrons. The largest absolute Gasteiger partial charge is 0.332 e. The van der Waals surface area contributed by atoms with E-state index in [1.165, 1.54) is 35.1 Å². The Hall–Kier alpha value is -4.94. The number of carbonyl (C=O) groups excluding carboxylic acids is 5. The van der Waals surface area contributed by atoms with Gasteiger partial charge in [-0.3, -0.25) is 29.4 Å². The minimum Gasteiger partial charge on any atom is -0.332 e. The van der Waals surface area contributed by atoms with Gasteiger partial charge in [0.1, 0.15) is 17.6 Å². The molecule has 3 N–H and O–H groups in total. The van der Waals surface area contributed by atoms with Crippen LogP contribution >= 0.6 is 0 Å². The van der Waals surface area contributed by atoms with Crippen LogP contribution in [-0.4, -0.2) is 55.6 Å². The second kappa shape index (κ2) is 9.02. The van der Waals surface area contributed by atoms with E-state index in [-0.39, 0.29) is 41.9 Å². The summed E-state index contributed by atoms with van der Waals surface area (Å²) in [6.45, 7) is -0.0510. The molecule has 2 aliphatic heterocycles. The quantitative estimate of drug-likeness (QED) is 0.452. The Balaban J connectivity index is 1.32. The molecular formula is C23H18FN7O5. The zero-order valence-corrected chi connectivity index (χ0v) is 18.5. The third-order valence-electron chi connectivity index (χ3n) is 5.79. The van der Waals surface area contributed by atoms with Crippen molar-refractivity contribution in [2.24, 2.45) is 0 Å². The summed E-state index contributed by atoms with van der Waals surface area (Å²) >= 11 is 0. The van der Waals surface area contributed by atoms with Crippen molar-refractivity contribution in [1.82, 2.24) is 30.5 Å². The van der Waals surface area contributed by atoms with Crippen molar-refractivity contribution in [2.45, 2.75) is 25.4 Å². The summed E-state index contributed by atoms with van der Waals surface area (Å²) in [6.07, 6.45) is 1.52. The number of hydrogen-bond donors (Lipinski definition) is 3. The molecule has 0 bridgehead atoms. The van der Waals surface area contributed by atoms with Crippen molar-refractivity contribution in [3.8, 4) is 5.69 Å². The van der Waals surface area contributed by atoms with E-state index in [1.54, 1.807) is 18.2 Å². The lowest BCUT2D eigenvalue weighted by atomic mass is 10.0. The van der Waals surface area contributed by atoms with Crippen LogP contribution in [-0.2, 0) is 16.1 Å². The monoisotopic (exact) mass is 491 g/mol. The third-order valence-corrected chi connectivity index (χ3v) is 5.79. The number of nitrogens with zero attached hydrogens (tertiary/aromatic N) is 4. The Labute approximate surface area is 202 Å². The maximum atomic E-state index is 13.7. The maximum Gasteiger partial charge on any atom is 0.319 e. The molecule has 2 aromatic carbocycles. The van der Waals surface area contributed by atoms with Gasteiger partial charge in [-0.05, 0) is 30.7 Å². The normalized spacial score (nSPS) is 17.1. The van der Waals surface area contributed by atoms with Crippen LogP contribution in [0, 0.1) is 5.82 Å². The first-order valence-electron chi connectivity index (χ1n) is 10.9. The van der Waals surface area contributed by atoms with Crippen LogP contribution in [0.3, 0.4) is 0 Å². The van der Waals surface area contributed by atoms with Crippen molar-refractivity contribution in [1.29, 1.82) is 0 Å². The molecule has 6 amide bonds. The molecule has 1 saturated heterocycles. The fourth-order valence-corrected chi connectivity index (χ4v) is 4.09. The first kappa shape index (κ1) is 22.8. The van der Waals surface area contributed by atoms with E-state index in [2.05, 4.69) is 26.3 Å². The summed E-state index contributed by atoms with van der Waals surface area (Å²) in [7, 11) is 0. The highest BCUT2D eigenvalue weighted by Crippen LogP contribution is 2.31. The number of carbonyl (C=O) groups is 5. The number of hydrogen-bond acceptors (Lipinski definition) is 7. The standard InChI is InChI=1S/C23H18FN7O5/c24-14-5-1-2-6-15(14)26-23(36)25-10-12-11-30(29-28-12)16-7-3-4-13-19(16)22(35)31(21(13)34)17-8-9-18(32)27-20(17)33/h1-7,11,17H,8-10H2,(H2,25,26,36)(H,27,32,33). The number of imide groups is 2. The van der Waals surface area contributed by atoms with Crippen LogP contribution < -0.4 is 16.0 Å². The molecule has 1 fully saturated rings. The van der Waals surface area contributed by atoms with Gasteiger partial charge in [0.15, 0.2) is 0 Å². The summed E-state index contributed by atoms with van der Waals surface area (Å²) in [6, 6.07) is 8.56. The molecule has 1 unspecified atom stereocenters. The number of anilines is 1. The molecule has 12 nitrogen and oxygen atoms in total. The molecule has 3 heterocycles. The van der Waals surface area contributed by atoms with Crippen LogP contribution in [0.5, 0.6) is 0 Å². The summed E-state index contributed by atoms with van der Waals surface area (Å²) < 4.78 is 15.0.